The van der Waals surface area contributed by atoms with Gasteiger partial charge < -0.3 is 0 Å². The Balaban J connectivity index is 0.000000980. The summed E-state index contributed by atoms with van der Waals surface area (Å²) in [6.07, 6.45) is 11.7. The van der Waals surface area contributed by atoms with E-state index in [0.29, 0.717) is 0 Å². The van der Waals surface area contributed by atoms with E-state index in [4.69, 9.17) is 0 Å². The second-order valence-electron chi connectivity index (χ2n) is 3.66. The second kappa shape index (κ2) is 7.19. The molecule has 0 aromatic carbocycles. The van der Waals surface area contributed by atoms with Crippen molar-refractivity contribution >= 4 is 34.0 Å². The third kappa shape index (κ3) is 3.94. The third-order valence-electron chi connectivity index (χ3n) is 2.63. The van der Waals surface area contributed by atoms with Gasteiger partial charge in [0.15, 0.2) is 0 Å². The Bertz CT molecular complexity index is 315. The molecule has 15 heavy (non-hydrogen) atoms. The molecule has 0 aromatic heterocycles. The van der Waals surface area contributed by atoms with Gasteiger partial charge in [-0.05, 0) is 0 Å². The summed E-state index contributed by atoms with van der Waals surface area (Å²) in [4.78, 5) is 0. The molecule has 0 bridgehead atoms. The topological polar surface area (TPSA) is 0 Å². The molecule has 0 unspecified atom stereocenters. The van der Waals surface area contributed by atoms with E-state index >= 15 is 0 Å². The van der Waals surface area contributed by atoms with Crippen molar-refractivity contribution in [1.29, 1.82) is 0 Å². The molecule has 0 heterocycles. The number of hydrogen-bond donors (Lipinski definition) is 0. The van der Waals surface area contributed by atoms with Gasteiger partial charge in [-0.3, -0.25) is 0 Å². The van der Waals surface area contributed by atoms with Crippen molar-refractivity contribution in [2.24, 2.45) is 0 Å². The van der Waals surface area contributed by atoms with Gasteiger partial charge in [0.05, 0.1) is 0 Å². The average molecular weight is 411 g/mol. The summed E-state index contributed by atoms with van der Waals surface area (Å²) in [7, 11) is 0. The summed E-state index contributed by atoms with van der Waals surface area (Å²) in [5.74, 6) is 0. The van der Waals surface area contributed by atoms with E-state index in [0.717, 1.165) is 0 Å². The van der Waals surface area contributed by atoms with Crippen LogP contribution in [0.5, 0.6) is 0 Å². The van der Waals surface area contributed by atoms with Crippen LogP contribution < -0.4 is 0 Å². The van der Waals surface area contributed by atoms with E-state index in [1.165, 1.54) is 12.8 Å². The van der Waals surface area contributed by atoms with E-state index in [2.05, 4.69) is 38.2 Å². The van der Waals surface area contributed by atoms with Gasteiger partial charge in [0.1, 0.15) is 0 Å². The van der Waals surface area contributed by atoms with E-state index in [1.54, 1.807) is 17.7 Å². The molecule has 2 rings (SSSR count). The van der Waals surface area contributed by atoms with Crippen LogP contribution in [0.1, 0.15) is 26.7 Å². The Kier molecular flexibility index (Phi) is 7.58. The Morgan fingerprint density at radius 2 is 1.27 bits per heavy atom. The van der Waals surface area contributed by atoms with Gasteiger partial charge in [0, 0.05) is 0 Å². The molecule has 0 saturated heterocycles. The van der Waals surface area contributed by atoms with Crippen molar-refractivity contribution < 1.29 is 23.2 Å². The zero-order valence-corrected chi connectivity index (χ0v) is 14.9. The van der Waals surface area contributed by atoms with Crippen molar-refractivity contribution in [3.63, 3.8) is 0 Å². The van der Waals surface area contributed by atoms with Gasteiger partial charge in [-0.15, -0.1) is 34.0 Å². The van der Waals surface area contributed by atoms with Gasteiger partial charge in [-0.1, -0.05) is 0 Å². The van der Waals surface area contributed by atoms with Gasteiger partial charge >= 0.3 is 91.9 Å². The fourth-order valence-electron chi connectivity index (χ4n) is 1.71. The number of halogens is 2. The fourth-order valence-corrected chi connectivity index (χ4v) is 5.07. The monoisotopic (exact) mass is 408 g/mol. The number of allylic oxidation sites excluding steroid dienone is 8. The molecule has 0 atom stereocenters. The first-order valence-electron chi connectivity index (χ1n) is 4.77. The van der Waals surface area contributed by atoms with Crippen LogP contribution in [0.3, 0.4) is 0 Å². The summed E-state index contributed by atoms with van der Waals surface area (Å²) in [5.41, 5.74) is 3.11. The standard InChI is InChI=1S/2C6H7.2BrH.Zr/c2*1-6-4-2-3-5-6;;;/h2*2,4H,3H2,1H3;2*1H;. The van der Waals surface area contributed by atoms with Crippen molar-refractivity contribution in [2.75, 3.05) is 0 Å². The average Bonchev–Trinajstić information content (AvgIpc) is 2.65. The maximum atomic E-state index is 2.31. The van der Waals surface area contributed by atoms with Gasteiger partial charge in [-0.25, -0.2) is 0 Å². The van der Waals surface area contributed by atoms with Gasteiger partial charge in [-0.2, -0.15) is 0 Å². The van der Waals surface area contributed by atoms with Crippen molar-refractivity contribution in [1.82, 2.24) is 0 Å². The first-order valence-corrected chi connectivity index (χ1v) is 7.23. The molecule has 2 aliphatic rings. The second-order valence-corrected chi connectivity index (χ2v) is 7.24. The van der Waals surface area contributed by atoms with E-state index in [1.807, 2.05) is 0 Å². The fraction of sp³-hybridized carbons (Fsp3) is 0.333. The number of hydrogen-bond acceptors (Lipinski definition) is 0. The maximum absolute atomic E-state index is 2.31. The molecule has 0 aliphatic heterocycles. The summed E-state index contributed by atoms with van der Waals surface area (Å²) >= 11 is -0.385. The summed E-state index contributed by atoms with van der Waals surface area (Å²) in [5, 5.41) is 0. The molecule has 82 valence electrons. The predicted molar refractivity (Wildman–Crippen MR) is 73.6 cm³/mol. The Morgan fingerprint density at radius 1 is 0.867 bits per heavy atom. The van der Waals surface area contributed by atoms with Crippen LogP contribution in [0, 0.1) is 0 Å². The molecule has 0 fully saturated rings. The predicted octanol–water partition coefficient (Wildman–Crippen LogP) is 4.69. The normalized spacial score (nSPS) is 18.0. The van der Waals surface area contributed by atoms with Crippen LogP contribution in [-0.4, -0.2) is 0 Å². The van der Waals surface area contributed by atoms with E-state index < -0.39 is 0 Å². The molecule has 0 radical (unpaired) electrons. The summed E-state index contributed by atoms with van der Waals surface area (Å²) in [6.45, 7) is 4.52. The molecule has 0 amide bonds. The Labute approximate surface area is 125 Å². The van der Waals surface area contributed by atoms with Crippen molar-refractivity contribution in [3.05, 3.63) is 42.0 Å². The first-order chi connectivity index (χ1) is 6.27. The molecule has 3 heteroatoms. The number of rotatable bonds is 2. The van der Waals surface area contributed by atoms with Gasteiger partial charge in [0.25, 0.3) is 0 Å². The molecule has 0 spiro atoms. The van der Waals surface area contributed by atoms with Crippen LogP contribution in [-0.2, 0) is 23.2 Å². The quantitative estimate of drug-likeness (QED) is 0.619. The SMILES string of the molecule is Br.Br.CC1=[C]([Zr][C]2=C(C)C=CC2)CC=C1. The Morgan fingerprint density at radius 3 is 1.53 bits per heavy atom. The van der Waals surface area contributed by atoms with Crippen molar-refractivity contribution in [3.8, 4) is 0 Å². The van der Waals surface area contributed by atoms with Crippen LogP contribution in [0.4, 0.5) is 0 Å². The van der Waals surface area contributed by atoms with Crippen LogP contribution >= 0.6 is 34.0 Å². The molecular weight excluding hydrogens is 395 g/mol. The molecule has 0 nitrogen and oxygen atoms in total. The first kappa shape index (κ1) is 15.8. The third-order valence-corrected chi connectivity index (χ3v) is 7.06. The van der Waals surface area contributed by atoms with Crippen molar-refractivity contribution in [2.45, 2.75) is 26.7 Å². The minimum atomic E-state index is -0.385. The summed E-state index contributed by atoms with van der Waals surface area (Å²) in [6, 6.07) is 0. The molecule has 0 saturated carbocycles. The van der Waals surface area contributed by atoms with E-state index in [9.17, 15) is 0 Å². The zero-order valence-electron chi connectivity index (χ0n) is 9.04. The molecule has 0 N–H and O–H groups in total. The Hall–Kier alpha value is 0.803. The molecule has 2 aliphatic carbocycles. The molecular formula is C12H16Br2Zr. The summed E-state index contributed by atoms with van der Waals surface area (Å²) < 4.78 is 3.56. The molecule has 0 aromatic rings. The van der Waals surface area contributed by atoms with Gasteiger partial charge in [0.2, 0.25) is 0 Å². The van der Waals surface area contributed by atoms with Crippen LogP contribution in [0.15, 0.2) is 42.0 Å². The van der Waals surface area contributed by atoms with E-state index in [-0.39, 0.29) is 57.2 Å². The van der Waals surface area contributed by atoms with Crippen LogP contribution in [0.25, 0.3) is 0 Å². The zero-order chi connectivity index (χ0) is 9.26. The minimum absolute atomic E-state index is 0. The van der Waals surface area contributed by atoms with Crippen LogP contribution in [0.2, 0.25) is 0 Å².